The summed E-state index contributed by atoms with van der Waals surface area (Å²) in [5.74, 6) is -1.64. The van der Waals surface area contributed by atoms with Crippen LogP contribution in [-0.2, 0) is 23.9 Å². The third kappa shape index (κ3) is 1.62. The first-order valence-electron chi connectivity index (χ1n) is 7.86. The van der Waals surface area contributed by atoms with Gasteiger partial charge in [-0.1, -0.05) is 0 Å². The lowest BCUT2D eigenvalue weighted by Crippen LogP contribution is -2.55. The van der Waals surface area contributed by atoms with E-state index in [1.54, 1.807) is 14.0 Å². The SMILES string of the molecule is CO[C@@]12[C@H](COC(C)=O)C3=C(C(=O)C(C)=C(N)C3=O)N1C[C@@H]1N[C@@H]12. The number of nitrogens with two attached hydrogens (primary N) is 1. The van der Waals surface area contributed by atoms with Crippen LogP contribution in [0.1, 0.15) is 13.8 Å². The van der Waals surface area contributed by atoms with E-state index in [1.165, 1.54) is 6.92 Å². The summed E-state index contributed by atoms with van der Waals surface area (Å²) in [6.07, 6.45) is 0. The van der Waals surface area contributed by atoms with Crippen molar-refractivity contribution in [2.75, 3.05) is 20.3 Å². The van der Waals surface area contributed by atoms with Crippen molar-refractivity contribution in [1.29, 1.82) is 0 Å². The molecule has 0 unspecified atom stereocenters. The number of rotatable bonds is 3. The van der Waals surface area contributed by atoms with E-state index in [1.807, 2.05) is 4.90 Å². The monoisotopic (exact) mass is 333 g/mol. The quantitative estimate of drug-likeness (QED) is 0.376. The number of esters is 1. The second-order valence-corrected chi connectivity index (χ2v) is 6.63. The van der Waals surface area contributed by atoms with Crippen molar-refractivity contribution in [3.63, 3.8) is 0 Å². The van der Waals surface area contributed by atoms with Gasteiger partial charge in [0.25, 0.3) is 0 Å². The Morgan fingerprint density at radius 1 is 1.42 bits per heavy atom. The van der Waals surface area contributed by atoms with E-state index in [4.69, 9.17) is 15.2 Å². The summed E-state index contributed by atoms with van der Waals surface area (Å²) in [6.45, 7) is 3.40. The first kappa shape index (κ1) is 15.3. The molecular weight excluding hydrogens is 314 g/mol. The summed E-state index contributed by atoms with van der Waals surface area (Å²) in [5.41, 5.74) is 5.82. The highest BCUT2D eigenvalue weighted by molar-refractivity contribution is 6.25. The van der Waals surface area contributed by atoms with Gasteiger partial charge in [-0.05, 0) is 6.92 Å². The molecule has 3 aliphatic heterocycles. The number of methoxy groups -OCH3 is 1. The molecule has 0 amide bonds. The molecule has 0 spiro atoms. The minimum absolute atomic E-state index is 0.0178. The number of hydrogen-bond donors (Lipinski definition) is 2. The summed E-state index contributed by atoms with van der Waals surface area (Å²) in [7, 11) is 1.55. The molecule has 2 fully saturated rings. The molecule has 2 saturated heterocycles. The lowest BCUT2D eigenvalue weighted by molar-refractivity contribution is -0.156. The minimum atomic E-state index is -0.902. The van der Waals surface area contributed by atoms with Crippen LogP contribution in [-0.4, -0.2) is 60.5 Å². The summed E-state index contributed by atoms with van der Waals surface area (Å²) < 4.78 is 11.0. The Hall–Kier alpha value is -2.19. The Bertz CT molecular complexity index is 755. The first-order valence-corrected chi connectivity index (χ1v) is 7.86. The van der Waals surface area contributed by atoms with Crippen LogP contribution >= 0.6 is 0 Å². The average molecular weight is 333 g/mol. The summed E-state index contributed by atoms with van der Waals surface area (Å²) in [5, 5.41) is 3.31. The lowest BCUT2D eigenvalue weighted by atomic mass is 9.82. The van der Waals surface area contributed by atoms with Crippen LogP contribution in [0.4, 0.5) is 0 Å². The second-order valence-electron chi connectivity index (χ2n) is 6.63. The van der Waals surface area contributed by atoms with Crippen LogP contribution < -0.4 is 11.1 Å². The number of fused-ring (bicyclic) bond motifs is 4. The van der Waals surface area contributed by atoms with Gasteiger partial charge < -0.3 is 25.4 Å². The molecule has 8 nitrogen and oxygen atoms in total. The van der Waals surface area contributed by atoms with Crippen LogP contribution in [0.25, 0.3) is 0 Å². The molecule has 4 atom stereocenters. The number of Topliss-reactive ketones (excluding diaryl/α,β-unsaturated/α-hetero) is 2. The molecule has 0 bridgehead atoms. The third-order valence-electron chi connectivity index (χ3n) is 5.54. The van der Waals surface area contributed by atoms with Gasteiger partial charge >= 0.3 is 5.97 Å². The fourth-order valence-corrected chi connectivity index (χ4v) is 4.35. The molecule has 0 aromatic carbocycles. The molecule has 0 saturated carbocycles. The van der Waals surface area contributed by atoms with Crippen LogP contribution in [0, 0.1) is 5.92 Å². The van der Waals surface area contributed by atoms with E-state index >= 15 is 0 Å². The summed E-state index contributed by atoms with van der Waals surface area (Å²) in [6, 6.07) is 0.182. The maximum atomic E-state index is 12.8. The zero-order valence-corrected chi connectivity index (χ0v) is 13.7. The highest BCUT2D eigenvalue weighted by atomic mass is 16.5. The van der Waals surface area contributed by atoms with E-state index in [0.717, 1.165) is 0 Å². The number of ether oxygens (including phenoxy) is 2. The number of nitrogens with one attached hydrogen (secondary N) is 1. The van der Waals surface area contributed by atoms with Gasteiger partial charge in [0.1, 0.15) is 6.61 Å². The van der Waals surface area contributed by atoms with Gasteiger partial charge in [0.2, 0.25) is 11.6 Å². The maximum Gasteiger partial charge on any atom is 0.302 e. The van der Waals surface area contributed by atoms with Gasteiger partial charge in [-0.15, -0.1) is 0 Å². The normalized spacial score (nSPS) is 36.8. The second kappa shape index (κ2) is 4.67. The molecular formula is C16H19N3O5. The van der Waals surface area contributed by atoms with Gasteiger partial charge in [0.15, 0.2) is 5.72 Å². The predicted molar refractivity (Wildman–Crippen MR) is 81.2 cm³/mol. The molecule has 4 aliphatic rings. The van der Waals surface area contributed by atoms with Gasteiger partial charge in [-0.2, -0.15) is 0 Å². The molecule has 0 aromatic rings. The van der Waals surface area contributed by atoms with Crippen LogP contribution in [0.2, 0.25) is 0 Å². The van der Waals surface area contributed by atoms with Gasteiger partial charge in [0.05, 0.1) is 23.4 Å². The van der Waals surface area contributed by atoms with E-state index in [0.29, 0.717) is 17.8 Å². The Morgan fingerprint density at radius 3 is 2.75 bits per heavy atom. The first-order chi connectivity index (χ1) is 11.3. The Kier molecular flexibility index (Phi) is 2.99. The van der Waals surface area contributed by atoms with E-state index in [-0.39, 0.29) is 41.5 Å². The fourth-order valence-electron chi connectivity index (χ4n) is 4.35. The van der Waals surface area contributed by atoms with Gasteiger partial charge in [-0.3, -0.25) is 14.4 Å². The van der Waals surface area contributed by atoms with Crippen molar-refractivity contribution < 1.29 is 23.9 Å². The highest BCUT2D eigenvalue weighted by Crippen LogP contribution is 2.55. The van der Waals surface area contributed by atoms with Crippen molar-refractivity contribution in [2.45, 2.75) is 31.7 Å². The molecule has 1 aliphatic carbocycles. The largest absolute Gasteiger partial charge is 0.465 e. The molecule has 8 heteroatoms. The summed E-state index contributed by atoms with van der Waals surface area (Å²) >= 11 is 0. The van der Waals surface area contributed by atoms with Gasteiger partial charge in [0, 0.05) is 37.8 Å². The topological polar surface area (TPSA) is 121 Å². The molecule has 0 aromatic heterocycles. The lowest BCUT2D eigenvalue weighted by Gasteiger charge is -2.39. The zero-order valence-electron chi connectivity index (χ0n) is 13.7. The van der Waals surface area contributed by atoms with Crippen LogP contribution in [0.5, 0.6) is 0 Å². The van der Waals surface area contributed by atoms with Crippen LogP contribution in [0.15, 0.2) is 22.5 Å². The molecule has 3 heterocycles. The number of ketones is 2. The Morgan fingerprint density at radius 2 is 2.12 bits per heavy atom. The highest BCUT2D eigenvalue weighted by Gasteiger charge is 2.72. The number of nitrogens with zero attached hydrogens (tertiary/aromatic N) is 1. The maximum absolute atomic E-state index is 12.8. The molecule has 0 radical (unpaired) electrons. The van der Waals surface area contributed by atoms with Gasteiger partial charge in [-0.25, -0.2) is 0 Å². The molecule has 128 valence electrons. The van der Waals surface area contributed by atoms with Crippen molar-refractivity contribution >= 4 is 17.5 Å². The standard InChI is InChI=1S/C16H19N3O5/c1-6-11(17)14(22)10-8(5-24-7(2)20)16(23-3)15-9(18-15)4-19(16)12(10)13(6)21/h8-9,15,18H,4-5,17H2,1-3H3/t8-,9+,15+,16-/m1/s1. The Labute approximate surface area is 138 Å². The van der Waals surface area contributed by atoms with E-state index in [2.05, 4.69) is 5.32 Å². The fraction of sp³-hybridized carbons (Fsp3) is 0.562. The van der Waals surface area contributed by atoms with Crippen molar-refractivity contribution in [1.82, 2.24) is 10.2 Å². The predicted octanol–water partition coefficient (Wildman–Crippen LogP) is -1.18. The minimum Gasteiger partial charge on any atom is -0.465 e. The average Bonchev–Trinajstić information content (AvgIpc) is 3.16. The van der Waals surface area contributed by atoms with E-state index in [9.17, 15) is 14.4 Å². The molecule has 24 heavy (non-hydrogen) atoms. The third-order valence-corrected chi connectivity index (χ3v) is 5.54. The number of allylic oxidation sites excluding steroid dienone is 2. The molecule has 3 N–H and O–H groups in total. The summed E-state index contributed by atoms with van der Waals surface area (Å²) in [4.78, 5) is 38.8. The van der Waals surface area contributed by atoms with Crippen LogP contribution in [0.3, 0.4) is 0 Å². The van der Waals surface area contributed by atoms with Crippen molar-refractivity contribution in [2.24, 2.45) is 11.7 Å². The van der Waals surface area contributed by atoms with Crippen molar-refractivity contribution in [3.05, 3.63) is 22.5 Å². The Balaban J connectivity index is 1.85. The number of carbonyl (C=O) groups is 3. The smallest absolute Gasteiger partial charge is 0.302 e. The number of hydrogen-bond acceptors (Lipinski definition) is 8. The zero-order chi connectivity index (χ0) is 17.4. The molecule has 4 rings (SSSR count). The van der Waals surface area contributed by atoms with E-state index < -0.39 is 17.6 Å². The van der Waals surface area contributed by atoms with Crippen molar-refractivity contribution in [3.8, 4) is 0 Å². The number of piperazine rings is 1. The number of carbonyl (C=O) groups excluding carboxylic acids is 3.